The van der Waals surface area contributed by atoms with Crippen LogP contribution in [-0.2, 0) is 11.2 Å². The van der Waals surface area contributed by atoms with E-state index in [2.05, 4.69) is 4.98 Å². The molecule has 4 saturated carbocycles. The van der Waals surface area contributed by atoms with Crippen LogP contribution in [0.2, 0.25) is 0 Å². The van der Waals surface area contributed by atoms with E-state index < -0.39 is 0 Å². The number of nitrogens with zero attached hydrogens (tertiary/aromatic N) is 2. The first-order valence-electron chi connectivity index (χ1n) is 8.20. The van der Waals surface area contributed by atoms with E-state index in [4.69, 9.17) is 0 Å². The third kappa shape index (κ3) is 1.91. The Labute approximate surface area is 128 Å². The number of hydrogen-bond donors (Lipinski definition) is 0. The fraction of sp³-hybridized carbons (Fsp3) is 0.647. The van der Waals surface area contributed by atoms with Crippen LogP contribution in [-0.4, -0.2) is 15.2 Å². The van der Waals surface area contributed by atoms with E-state index in [1.54, 1.807) is 11.3 Å². The van der Waals surface area contributed by atoms with Gasteiger partial charge in [0.15, 0.2) is 4.96 Å². The lowest BCUT2D eigenvalue weighted by Crippen LogP contribution is -2.48. The monoisotopic (exact) mass is 300 g/mol. The molecule has 0 spiro atoms. The number of carbonyl (C=O) groups excluding carboxylic acids is 1. The highest BCUT2D eigenvalue weighted by molar-refractivity contribution is 7.15. The molecule has 2 aromatic heterocycles. The quantitative estimate of drug-likeness (QED) is 0.868. The molecule has 0 amide bonds. The Hall–Kier alpha value is -1.16. The molecule has 110 valence electrons. The van der Waals surface area contributed by atoms with Gasteiger partial charge in [0.05, 0.1) is 12.1 Å². The summed E-state index contributed by atoms with van der Waals surface area (Å²) in [6.07, 6.45) is 11.3. The third-order valence-electron chi connectivity index (χ3n) is 6.10. The second-order valence-electron chi connectivity index (χ2n) is 7.42. The highest BCUT2D eigenvalue weighted by Gasteiger charge is 2.50. The second-order valence-corrected chi connectivity index (χ2v) is 8.30. The predicted octanol–water partition coefficient (Wildman–Crippen LogP) is 3.58. The van der Waals surface area contributed by atoms with Gasteiger partial charge in [0.25, 0.3) is 0 Å². The Morgan fingerprint density at radius 3 is 2.57 bits per heavy atom. The number of carbonyl (C=O) groups is 1. The van der Waals surface area contributed by atoms with Gasteiger partial charge in [-0.15, -0.1) is 11.3 Å². The van der Waals surface area contributed by atoms with Crippen molar-refractivity contribution in [2.45, 2.75) is 38.5 Å². The summed E-state index contributed by atoms with van der Waals surface area (Å²) in [5.41, 5.74) is 0.959. The van der Waals surface area contributed by atoms with Crippen molar-refractivity contribution in [2.75, 3.05) is 0 Å². The summed E-state index contributed by atoms with van der Waals surface area (Å²) >= 11 is 1.63. The molecule has 6 rings (SSSR count). The molecule has 0 aliphatic heterocycles. The Balaban J connectivity index is 1.37. The summed E-state index contributed by atoms with van der Waals surface area (Å²) in [5, 5.41) is 2.03. The average Bonchev–Trinajstić information content (AvgIpc) is 2.98. The van der Waals surface area contributed by atoms with Gasteiger partial charge in [-0.2, -0.15) is 0 Å². The van der Waals surface area contributed by atoms with Crippen LogP contribution in [0.1, 0.15) is 37.8 Å². The van der Waals surface area contributed by atoms with Crippen molar-refractivity contribution in [1.82, 2.24) is 9.38 Å². The highest BCUT2D eigenvalue weighted by Crippen LogP contribution is 2.56. The van der Waals surface area contributed by atoms with Gasteiger partial charge in [-0.25, -0.2) is 4.98 Å². The van der Waals surface area contributed by atoms with Gasteiger partial charge in [-0.3, -0.25) is 9.20 Å². The topological polar surface area (TPSA) is 34.4 Å². The third-order valence-corrected chi connectivity index (χ3v) is 6.87. The lowest BCUT2D eigenvalue weighted by Gasteiger charge is -2.53. The number of hydrogen-bond acceptors (Lipinski definition) is 3. The van der Waals surface area contributed by atoms with E-state index in [-0.39, 0.29) is 0 Å². The zero-order valence-corrected chi connectivity index (χ0v) is 12.9. The van der Waals surface area contributed by atoms with Gasteiger partial charge in [0, 0.05) is 23.7 Å². The maximum Gasteiger partial charge on any atom is 0.193 e. The molecule has 0 atom stereocenters. The molecule has 4 heteroatoms. The van der Waals surface area contributed by atoms with Gasteiger partial charge >= 0.3 is 0 Å². The molecule has 2 heterocycles. The van der Waals surface area contributed by atoms with Crippen LogP contribution in [0, 0.1) is 29.6 Å². The standard InChI is InChI=1S/C17H20N2OS/c20-15(8-14-9-19-1-2-21-17(19)18-14)16-12-4-10-3-11(6-12)7-13(16)5-10/h1-2,9-13,16H,3-8H2. The summed E-state index contributed by atoms with van der Waals surface area (Å²) < 4.78 is 2.03. The van der Waals surface area contributed by atoms with Crippen LogP contribution >= 0.6 is 11.3 Å². The van der Waals surface area contributed by atoms with Crippen LogP contribution in [0.15, 0.2) is 17.8 Å². The molecular formula is C17H20N2OS. The Kier molecular flexibility index (Phi) is 2.61. The molecule has 21 heavy (non-hydrogen) atoms. The van der Waals surface area contributed by atoms with Crippen LogP contribution in [0.3, 0.4) is 0 Å². The van der Waals surface area contributed by atoms with Crippen molar-refractivity contribution in [1.29, 1.82) is 0 Å². The van der Waals surface area contributed by atoms with E-state index >= 15 is 0 Å². The van der Waals surface area contributed by atoms with E-state index in [1.165, 1.54) is 32.1 Å². The molecule has 0 aromatic carbocycles. The van der Waals surface area contributed by atoms with Crippen molar-refractivity contribution in [3.8, 4) is 0 Å². The van der Waals surface area contributed by atoms with Gasteiger partial charge in [-0.05, 0) is 55.8 Å². The summed E-state index contributed by atoms with van der Waals surface area (Å²) in [6, 6.07) is 0. The number of Topliss-reactive ketones (excluding diaryl/α,β-unsaturated/α-hetero) is 1. The normalized spacial score (nSPS) is 37.4. The number of thiazole rings is 1. The molecule has 4 aliphatic carbocycles. The van der Waals surface area contributed by atoms with Gasteiger partial charge < -0.3 is 0 Å². The number of rotatable bonds is 3. The lowest BCUT2D eigenvalue weighted by atomic mass is 9.51. The number of fused-ring (bicyclic) bond motifs is 1. The van der Waals surface area contributed by atoms with Crippen molar-refractivity contribution in [3.63, 3.8) is 0 Å². The number of ketones is 1. The largest absolute Gasteiger partial charge is 0.299 e. The molecule has 2 aromatic rings. The molecule has 4 aliphatic rings. The number of imidazole rings is 1. The van der Waals surface area contributed by atoms with E-state index in [0.29, 0.717) is 30.0 Å². The second kappa shape index (κ2) is 4.42. The molecule has 4 bridgehead atoms. The average molecular weight is 300 g/mol. The van der Waals surface area contributed by atoms with Crippen molar-refractivity contribution in [2.24, 2.45) is 29.6 Å². The summed E-state index contributed by atoms with van der Waals surface area (Å²) in [5.74, 6) is 4.08. The predicted molar refractivity (Wildman–Crippen MR) is 82.3 cm³/mol. The lowest BCUT2D eigenvalue weighted by molar-refractivity contribution is -0.135. The molecule has 4 fully saturated rings. The highest BCUT2D eigenvalue weighted by atomic mass is 32.1. The fourth-order valence-corrected chi connectivity index (χ4v) is 6.33. The van der Waals surface area contributed by atoms with Crippen molar-refractivity contribution >= 4 is 22.1 Å². The Morgan fingerprint density at radius 2 is 1.90 bits per heavy atom. The summed E-state index contributed by atoms with van der Waals surface area (Å²) in [4.78, 5) is 18.4. The first kappa shape index (κ1) is 12.4. The number of aromatic nitrogens is 2. The van der Waals surface area contributed by atoms with E-state index in [1.807, 2.05) is 22.2 Å². The first-order chi connectivity index (χ1) is 10.3. The summed E-state index contributed by atoms with van der Waals surface area (Å²) in [6.45, 7) is 0. The first-order valence-corrected chi connectivity index (χ1v) is 9.08. The fourth-order valence-electron chi connectivity index (χ4n) is 5.61. The van der Waals surface area contributed by atoms with Gasteiger partial charge in [0.2, 0.25) is 0 Å². The van der Waals surface area contributed by atoms with Crippen LogP contribution in [0.5, 0.6) is 0 Å². The Morgan fingerprint density at radius 1 is 1.19 bits per heavy atom. The minimum absolute atomic E-state index is 0.345. The van der Waals surface area contributed by atoms with Gasteiger partial charge in [-0.1, -0.05) is 0 Å². The van der Waals surface area contributed by atoms with Crippen molar-refractivity contribution in [3.05, 3.63) is 23.5 Å². The molecule has 0 N–H and O–H groups in total. The van der Waals surface area contributed by atoms with E-state index in [0.717, 1.165) is 22.5 Å². The zero-order chi connectivity index (χ0) is 14.0. The maximum atomic E-state index is 12.9. The smallest absolute Gasteiger partial charge is 0.193 e. The molecule has 3 nitrogen and oxygen atoms in total. The van der Waals surface area contributed by atoms with E-state index in [9.17, 15) is 4.79 Å². The van der Waals surface area contributed by atoms with Crippen LogP contribution < -0.4 is 0 Å². The molecule has 0 saturated heterocycles. The van der Waals surface area contributed by atoms with Crippen LogP contribution in [0.25, 0.3) is 4.96 Å². The van der Waals surface area contributed by atoms with Crippen LogP contribution in [0.4, 0.5) is 0 Å². The van der Waals surface area contributed by atoms with Crippen molar-refractivity contribution < 1.29 is 4.79 Å². The maximum absolute atomic E-state index is 12.9. The van der Waals surface area contributed by atoms with Gasteiger partial charge in [0.1, 0.15) is 5.78 Å². The summed E-state index contributed by atoms with van der Waals surface area (Å²) in [7, 11) is 0. The molecule has 0 radical (unpaired) electrons. The SMILES string of the molecule is O=C(Cc1cn2ccsc2n1)C1C2CC3CC(C2)CC1C3. The minimum atomic E-state index is 0.345. The zero-order valence-electron chi connectivity index (χ0n) is 12.1. The molecule has 0 unspecified atom stereocenters. The molecular weight excluding hydrogens is 280 g/mol. The Bertz CT molecular complexity index is 644. The minimum Gasteiger partial charge on any atom is -0.299 e.